The minimum absolute atomic E-state index is 0.357. The maximum absolute atomic E-state index is 5.73. The van der Waals surface area contributed by atoms with Crippen molar-refractivity contribution in [1.82, 2.24) is 14.8 Å². The molecule has 0 aliphatic carbocycles. The first-order valence-corrected chi connectivity index (χ1v) is 6.84. The molecule has 0 bridgehead atoms. The number of hydrogen-bond acceptors (Lipinski definition) is 4. The molecule has 0 spiro atoms. The third kappa shape index (κ3) is 2.90. The summed E-state index contributed by atoms with van der Waals surface area (Å²) in [5.74, 6) is 1.49. The van der Waals surface area contributed by atoms with Gasteiger partial charge in [0.25, 0.3) is 0 Å². The van der Waals surface area contributed by atoms with E-state index in [-0.39, 0.29) is 0 Å². The minimum atomic E-state index is 0.357. The molecule has 0 amide bonds. The van der Waals surface area contributed by atoms with Crippen LogP contribution in [-0.4, -0.2) is 14.8 Å². The van der Waals surface area contributed by atoms with Crippen molar-refractivity contribution >= 4 is 31.9 Å². The predicted octanol–water partition coefficient (Wildman–Crippen LogP) is 2.38. The number of aryl methyl sites for hydroxylation is 1. The average Bonchev–Trinajstić information content (AvgIpc) is 2.73. The van der Waals surface area contributed by atoms with Gasteiger partial charge in [-0.25, -0.2) is 4.98 Å². The van der Waals surface area contributed by atoms with E-state index in [2.05, 4.69) is 41.9 Å². The maximum Gasteiger partial charge on any atom is 0.164 e. The van der Waals surface area contributed by atoms with E-state index in [9.17, 15) is 0 Å². The first kappa shape index (κ1) is 13.5. The summed E-state index contributed by atoms with van der Waals surface area (Å²) < 4.78 is 9.13. The quantitative estimate of drug-likeness (QED) is 0.890. The standard InChI is InChI=1S/C11H12Br2N4O/c1-17-10(15-6-16-17)5-18-11-8(12)2-7(4-14)3-9(11)13/h2-3,6H,4-5,14H2,1H3. The van der Waals surface area contributed by atoms with E-state index >= 15 is 0 Å². The van der Waals surface area contributed by atoms with Crippen molar-refractivity contribution < 1.29 is 4.74 Å². The summed E-state index contributed by atoms with van der Waals surface area (Å²) in [7, 11) is 1.83. The molecule has 0 unspecified atom stereocenters. The first-order chi connectivity index (χ1) is 8.61. The van der Waals surface area contributed by atoms with Gasteiger partial charge in [-0.3, -0.25) is 4.68 Å². The van der Waals surface area contributed by atoms with Crippen molar-refractivity contribution in [1.29, 1.82) is 0 Å². The summed E-state index contributed by atoms with van der Waals surface area (Å²) in [5, 5.41) is 3.99. The topological polar surface area (TPSA) is 66.0 Å². The van der Waals surface area contributed by atoms with Gasteiger partial charge in [0, 0.05) is 13.6 Å². The zero-order valence-electron chi connectivity index (χ0n) is 9.73. The second-order valence-corrected chi connectivity index (χ2v) is 5.39. The molecule has 0 saturated heterocycles. The monoisotopic (exact) mass is 374 g/mol. The van der Waals surface area contributed by atoms with E-state index in [0.717, 1.165) is 26.1 Å². The van der Waals surface area contributed by atoms with Crippen LogP contribution in [0.3, 0.4) is 0 Å². The molecule has 1 aromatic carbocycles. The van der Waals surface area contributed by atoms with Crippen LogP contribution in [-0.2, 0) is 20.2 Å². The third-order valence-corrected chi connectivity index (χ3v) is 3.62. The van der Waals surface area contributed by atoms with E-state index in [1.54, 1.807) is 4.68 Å². The van der Waals surface area contributed by atoms with E-state index in [1.165, 1.54) is 6.33 Å². The van der Waals surface area contributed by atoms with Gasteiger partial charge in [0.05, 0.1) is 8.95 Å². The second-order valence-electron chi connectivity index (χ2n) is 3.68. The molecule has 18 heavy (non-hydrogen) atoms. The van der Waals surface area contributed by atoms with Gasteiger partial charge in [0.1, 0.15) is 18.7 Å². The minimum Gasteiger partial charge on any atom is -0.483 e. The Morgan fingerprint density at radius 3 is 2.50 bits per heavy atom. The summed E-state index contributed by atoms with van der Waals surface area (Å²) in [5.41, 5.74) is 6.63. The molecule has 0 aliphatic heterocycles. The van der Waals surface area contributed by atoms with Gasteiger partial charge in [-0.05, 0) is 49.6 Å². The molecule has 0 fully saturated rings. The molecule has 96 valence electrons. The van der Waals surface area contributed by atoms with Crippen LogP contribution < -0.4 is 10.5 Å². The Hall–Kier alpha value is -0.920. The van der Waals surface area contributed by atoms with Crippen molar-refractivity contribution in [3.05, 3.63) is 38.8 Å². The second kappa shape index (κ2) is 5.81. The molecular weight excluding hydrogens is 364 g/mol. The smallest absolute Gasteiger partial charge is 0.164 e. The van der Waals surface area contributed by atoms with Crippen molar-refractivity contribution in [2.75, 3.05) is 0 Å². The SMILES string of the molecule is Cn1ncnc1COc1c(Br)cc(CN)cc1Br. The molecule has 7 heteroatoms. The van der Waals surface area contributed by atoms with Gasteiger partial charge < -0.3 is 10.5 Å². The third-order valence-electron chi connectivity index (χ3n) is 2.44. The normalized spacial score (nSPS) is 10.7. The van der Waals surface area contributed by atoms with Crippen LogP contribution in [0.15, 0.2) is 27.4 Å². The first-order valence-electron chi connectivity index (χ1n) is 5.25. The number of nitrogens with zero attached hydrogens (tertiary/aromatic N) is 3. The molecule has 2 N–H and O–H groups in total. The fourth-order valence-corrected chi connectivity index (χ4v) is 2.97. The number of halogens is 2. The number of nitrogens with two attached hydrogens (primary N) is 1. The Bertz CT molecular complexity index is 533. The van der Waals surface area contributed by atoms with Gasteiger partial charge in [0.15, 0.2) is 5.82 Å². The fraction of sp³-hybridized carbons (Fsp3) is 0.273. The molecule has 2 rings (SSSR count). The van der Waals surface area contributed by atoms with Gasteiger partial charge in [-0.1, -0.05) is 0 Å². The summed E-state index contributed by atoms with van der Waals surface area (Å²) in [6.07, 6.45) is 1.50. The molecule has 0 radical (unpaired) electrons. The predicted molar refractivity (Wildman–Crippen MR) is 75.1 cm³/mol. The van der Waals surface area contributed by atoms with Crippen LogP contribution in [0.1, 0.15) is 11.4 Å². The van der Waals surface area contributed by atoms with Crippen LogP contribution in [0.2, 0.25) is 0 Å². The summed E-state index contributed by atoms with van der Waals surface area (Å²) in [4.78, 5) is 4.10. The molecule has 1 aromatic heterocycles. The molecule has 2 aromatic rings. The molecule has 0 atom stereocenters. The summed E-state index contributed by atoms with van der Waals surface area (Å²) in [6.45, 7) is 0.844. The van der Waals surface area contributed by atoms with Crippen molar-refractivity contribution in [3.8, 4) is 5.75 Å². The lowest BCUT2D eigenvalue weighted by atomic mass is 10.2. The summed E-state index contributed by atoms with van der Waals surface area (Å²) in [6, 6.07) is 3.88. The maximum atomic E-state index is 5.73. The Balaban J connectivity index is 2.17. The highest BCUT2D eigenvalue weighted by Crippen LogP contribution is 2.35. The highest BCUT2D eigenvalue weighted by molar-refractivity contribution is 9.11. The lowest BCUT2D eigenvalue weighted by Crippen LogP contribution is -2.05. The zero-order chi connectivity index (χ0) is 13.1. The van der Waals surface area contributed by atoms with Crippen molar-refractivity contribution in [2.24, 2.45) is 12.8 Å². The van der Waals surface area contributed by atoms with Crippen LogP contribution in [0, 0.1) is 0 Å². The molecule has 5 nitrogen and oxygen atoms in total. The van der Waals surface area contributed by atoms with Crippen molar-refractivity contribution in [3.63, 3.8) is 0 Å². The van der Waals surface area contributed by atoms with Gasteiger partial charge in [-0.2, -0.15) is 5.10 Å². The van der Waals surface area contributed by atoms with Crippen LogP contribution in [0.25, 0.3) is 0 Å². The van der Waals surface area contributed by atoms with E-state index < -0.39 is 0 Å². The molecular formula is C11H12Br2N4O. The van der Waals surface area contributed by atoms with E-state index in [4.69, 9.17) is 10.5 Å². The average molecular weight is 376 g/mol. The van der Waals surface area contributed by atoms with Gasteiger partial charge >= 0.3 is 0 Å². The Morgan fingerprint density at radius 2 is 2.00 bits per heavy atom. The Morgan fingerprint density at radius 1 is 1.33 bits per heavy atom. The summed E-state index contributed by atoms with van der Waals surface area (Å²) >= 11 is 6.94. The van der Waals surface area contributed by atoms with Crippen LogP contribution >= 0.6 is 31.9 Å². The van der Waals surface area contributed by atoms with E-state index in [0.29, 0.717) is 13.2 Å². The van der Waals surface area contributed by atoms with E-state index in [1.807, 2.05) is 19.2 Å². The highest BCUT2D eigenvalue weighted by atomic mass is 79.9. The lowest BCUT2D eigenvalue weighted by molar-refractivity contribution is 0.286. The zero-order valence-corrected chi connectivity index (χ0v) is 12.9. The number of hydrogen-bond donors (Lipinski definition) is 1. The van der Waals surface area contributed by atoms with Crippen molar-refractivity contribution in [2.45, 2.75) is 13.2 Å². The number of rotatable bonds is 4. The lowest BCUT2D eigenvalue weighted by Gasteiger charge is -2.11. The number of benzene rings is 1. The Kier molecular flexibility index (Phi) is 4.36. The molecule has 0 aliphatic rings. The molecule has 1 heterocycles. The van der Waals surface area contributed by atoms with Gasteiger partial charge in [0.2, 0.25) is 0 Å². The fourth-order valence-electron chi connectivity index (χ4n) is 1.46. The van der Waals surface area contributed by atoms with Crippen LogP contribution in [0.5, 0.6) is 5.75 Å². The van der Waals surface area contributed by atoms with Crippen LogP contribution in [0.4, 0.5) is 0 Å². The number of aromatic nitrogens is 3. The Labute approximate surface area is 122 Å². The highest BCUT2D eigenvalue weighted by Gasteiger charge is 2.10. The van der Waals surface area contributed by atoms with Gasteiger partial charge in [-0.15, -0.1) is 0 Å². The molecule has 0 saturated carbocycles. The number of ether oxygens (including phenoxy) is 1. The largest absolute Gasteiger partial charge is 0.483 e.